The van der Waals surface area contributed by atoms with E-state index in [0.717, 1.165) is 45.4 Å². The van der Waals surface area contributed by atoms with Crippen molar-refractivity contribution in [1.29, 1.82) is 0 Å². The number of carbonyl (C=O) groups is 2. The zero-order valence-electron chi connectivity index (χ0n) is 11.3. The molecule has 2 aliphatic rings. The zero-order chi connectivity index (χ0) is 13.2. The molecule has 0 saturated carbocycles. The van der Waals surface area contributed by atoms with Gasteiger partial charge in [-0.3, -0.25) is 9.59 Å². The molecular weight excluding hydrogens is 230 g/mol. The molecule has 5 heteroatoms. The number of piperidine rings is 1. The van der Waals surface area contributed by atoms with Crippen LogP contribution in [0.15, 0.2) is 0 Å². The minimum absolute atomic E-state index is 0.0201. The molecule has 2 saturated heterocycles. The standard InChI is InChI=1S/C13H23N3O2/c1-10(17)15-11-3-7-16(8-4-11)12(18)13(2)5-6-14-9-13/h11,14H,3-9H2,1-2H3,(H,15,17). The zero-order valence-corrected chi connectivity index (χ0v) is 11.3. The molecule has 2 fully saturated rings. The highest BCUT2D eigenvalue weighted by atomic mass is 16.2. The van der Waals surface area contributed by atoms with E-state index in [1.165, 1.54) is 0 Å². The van der Waals surface area contributed by atoms with Gasteiger partial charge in [0, 0.05) is 32.6 Å². The molecule has 0 aliphatic carbocycles. The lowest BCUT2D eigenvalue weighted by Gasteiger charge is -2.36. The van der Waals surface area contributed by atoms with Crippen LogP contribution in [0.2, 0.25) is 0 Å². The molecule has 102 valence electrons. The molecule has 2 amide bonds. The summed E-state index contributed by atoms with van der Waals surface area (Å²) in [6.07, 6.45) is 2.67. The molecule has 2 heterocycles. The fourth-order valence-corrected chi connectivity index (χ4v) is 2.90. The normalized spacial score (nSPS) is 29.3. The van der Waals surface area contributed by atoms with Crippen molar-refractivity contribution in [2.24, 2.45) is 5.41 Å². The van der Waals surface area contributed by atoms with Crippen molar-refractivity contribution in [2.75, 3.05) is 26.2 Å². The highest BCUT2D eigenvalue weighted by molar-refractivity contribution is 5.83. The molecule has 0 bridgehead atoms. The third-order valence-corrected chi connectivity index (χ3v) is 4.07. The van der Waals surface area contributed by atoms with Crippen LogP contribution in [0.4, 0.5) is 0 Å². The number of nitrogens with zero attached hydrogens (tertiary/aromatic N) is 1. The molecule has 2 N–H and O–H groups in total. The van der Waals surface area contributed by atoms with E-state index in [-0.39, 0.29) is 23.3 Å². The van der Waals surface area contributed by atoms with Gasteiger partial charge in [-0.2, -0.15) is 0 Å². The fraction of sp³-hybridized carbons (Fsp3) is 0.846. The Labute approximate surface area is 108 Å². The highest BCUT2D eigenvalue weighted by Crippen LogP contribution is 2.28. The molecule has 0 aromatic rings. The SMILES string of the molecule is CC(=O)NC1CCN(C(=O)C2(C)CCNC2)CC1. The maximum Gasteiger partial charge on any atom is 0.229 e. The van der Waals surface area contributed by atoms with Crippen molar-refractivity contribution in [2.45, 2.75) is 39.2 Å². The molecule has 2 aliphatic heterocycles. The molecule has 0 aromatic carbocycles. The van der Waals surface area contributed by atoms with E-state index in [0.29, 0.717) is 0 Å². The van der Waals surface area contributed by atoms with E-state index in [1.807, 2.05) is 4.90 Å². The first-order valence-electron chi connectivity index (χ1n) is 6.78. The van der Waals surface area contributed by atoms with Gasteiger partial charge in [-0.25, -0.2) is 0 Å². The second-order valence-corrected chi connectivity index (χ2v) is 5.75. The molecule has 0 aromatic heterocycles. The fourth-order valence-electron chi connectivity index (χ4n) is 2.90. The number of carbonyl (C=O) groups excluding carboxylic acids is 2. The molecular formula is C13H23N3O2. The van der Waals surface area contributed by atoms with Gasteiger partial charge in [0.1, 0.15) is 0 Å². The maximum atomic E-state index is 12.4. The Balaban J connectivity index is 1.86. The second kappa shape index (κ2) is 5.26. The molecule has 18 heavy (non-hydrogen) atoms. The van der Waals surface area contributed by atoms with Crippen LogP contribution in [0, 0.1) is 5.41 Å². The Morgan fingerprint density at radius 1 is 1.33 bits per heavy atom. The average Bonchev–Trinajstić information content (AvgIpc) is 2.77. The summed E-state index contributed by atoms with van der Waals surface area (Å²) in [5.41, 5.74) is -0.221. The smallest absolute Gasteiger partial charge is 0.229 e. The minimum Gasteiger partial charge on any atom is -0.353 e. The van der Waals surface area contributed by atoms with Crippen LogP contribution in [0.1, 0.15) is 33.1 Å². The lowest BCUT2D eigenvalue weighted by atomic mass is 9.87. The van der Waals surface area contributed by atoms with E-state index in [4.69, 9.17) is 0 Å². The lowest BCUT2D eigenvalue weighted by molar-refractivity contribution is -0.141. The summed E-state index contributed by atoms with van der Waals surface area (Å²) in [5.74, 6) is 0.292. The van der Waals surface area contributed by atoms with Crippen LogP contribution in [-0.2, 0) is 9.59 Å². The van der Waals surface area contributed by atoms with Crippen LogP contribution in [-0.4, -0.2) is 48.9 Å². The summed E-state index contributed by atoms with van der Waals surface area (Å²) in [6, 6.07) is 0.237. The van der Waals surface area contributed by atoms with Gasteiger partial charge >= 0.3 is 0 Å². The van der Waals surface area contributed by atoms with Crippen molar-refractivity contribution in [1.82, 2.24) is 15.5 Å². The predicted molar refractivity (Wildman–Crippen MR) is 69.0 cm³/mol. The Hall–Kier alpha value is -1.10. The van der Waals surface area contributed by atoms with Crippen LogP contribution in [0.5, 0.6) is 0 Å². The van der Waals surface area contributed by atoms with Gasteiger partial charge in [-0.05, 0) is 32.7 Å². The molecule has 1 atom stereocenters. The van der Waals surface area contributed by atoms with Crippen molar-refractivity contribution >= 4 is 11.8 Å². The van der Waals surface area contributed by atoms with Gasteiger partial charge in [0.15, 0.2) is 0 Å². The summed E-state index contributed by atoms with van der Waals surface area (Å²) in [7, 11) is 0. The number of rotatable bonds is 2. The summed E-state index contributed by atoms with van der Waals surface area (Å²) in [4.78, 5) is 25.4. The molecule has 0 radical (unpaired) electrons. The van der Waals surface area contributed by atoms with Gasteiger partial charge in [0.25, 0.3) is 0 Å². The number of amides is 2. The first kappa shape index (κ1) is 13.3. The molecule has 1 unspecified atom stereocenters. The lowest BCUT2D eigenvalue weighted by Crippen LogP contribution is -2.50. The van der Waals surface area contributed by atoms with Crippen LogP contribution < -0.4 is 10.6 Å². The van der Waals surface area contributed by atoms with Gasteiger partial charge in [0.2, 0.25) is 11.8 Å². The number of likely N-dealkylation sites (tertiary alicyclic amines) is 1. The Kier molecular flexibility index (Phi) is 3.90. The van der Waals surface area contributed by atoms with Crippen molar-refractivity contribution in [3.8, 4) is 0 Å². The van der Waals surface area contributed by atoms with Gasteiger partial charge in [-0.1, -0.05) is 0 Å². The van der Waals surface area contributed by atoms with E-state index in [1.54, 1.807) is 6.92 Å². The van der Waals surface area contributed by atoms with Crippen molar-refractivity contribution in [3.63, 3.8) is 0 Å². The summed E-state index contributed by atoms with van der Waals surface area (Å²) in [6.45, 7) is 6.85. The van der Waals surface area contributed by atoms with Gasteiger partial charge in [-0.15, -0.1) is 0 Å². The molecule has 0 spiro atoms. The summed E-state index contributed by atoms with van der Waals surface area (Å²) in [5, 5.41) is 6.19. The summed E-state index contributed by atoms with van der Waals surface area (Å²) >= 11 is 0. The third kappa shape index (κ3) is 2.83. The quantitative estimate of drug-likeness (QED) is 0.734. The van der Waals surface area contributed by atoms with E-state index >= 15 is 0 Å². The first-order chi connectivity index (χ1) is 8.51. The highest BCUT2D eigenvalue weighted by Gasteiger charge is 2.40. The maximum absolute atomic E-state index is 12.4. The van der Waals surface area contributed by atoms with Gasteiger partial charge in [0.05, 0.1) is 5.41 Å². The Bertz CT molecular complexity index is 329. The third-order valence-electron chi connectivity index (χ3n) is 4.07. The van der Waals surface area contributed by atoms with Gasteiger partial charge < -0.3 is 15.5 Å². The van der Waals surface area contributed by atoms with Crippen LogP contribution >= 0.6 is 0 Å². The first-order valence-corrected chi connectivity index (χ1v) is 6.78. The summed E-state index contributed by atoms with van der Waals surface area (Å²) < 4.78 is 0. The topological polar surface area (TPSA) is 61.4 Å². The Morgan fingerprint density at radius 3 is 2.50 bits per heavy atom. The Morgan fingerprint density at radius 2 is 2.00 bits per heavy atom. The van der Waals surface area contributed by atoms with Crippen LogP contribution in [0.25, 0.3) is 0 Å². The molecule has 2 rings (SSSR count). The average molecular weight is 253 g/mol. The number of nitrogens with one attached hydrogen (secondary N) is 2. The molecule has 5 nitrogen and oxygen atoms in total. The van der Waals surface area contributed by atoms with Crippen LogP contribution in [0.3, 0.4) is 0 Å². The number of hydrogen-bond acceptors (Lipinski definition) is 3. The van der Waals surface area contributed by atoms with Crippen molar-refractivity contribution in [3.05, 3.63) is 0 Å². The second-order valence-electron chi connectivity index (χ2n) is 5.75. The predicted octanol–water partition coefficient (Wildman–Crippen LogP) is 0.113. The van der Waals surface area contributed by atoms with E-state index < -0.39 is 0 Å². The van der Waals surface area contributed by atoms with E-state index in [2.05, 4.69) is 17.6 Å². The minimum atomic E-state index is -0.221. The number of hydrogen-bond donors (Lipinski definition) is 2. The van der Waals surface area contributed by atoms with Crippen molar-refractivity contribution < 1.29 is 9.59 Å². The monoisotopic (exact) mass is 253 g/mol. The van der Waals surface area contributed by atoms with E-state index in [9.17, 15) is 9.59 Å². The largest absolute Gasteiger partial charge is 0.353 e.